The van der Waals surface area contributed by atoms with Crippen molar-refractivity contribution in [1.29, 1.82) is 0 Å². The van der Waals surface area contributed by atoms with Gasteiger partial charge in [-0.1, -0.05) is 18.2 Å². The quantitative estimate of drug-likeness (QED) is 0.654. The molecule has 0 bridgehead atoms. The van der Waals surface area contributed by atoms with Crippen LogP contribution in [0, 0.1) is 6.92 Å². The molecule has 1 heterocycles. The van der Waals surface area contributed by atoms with Gasteiger partial charge in [0.15, 0.2) is 11.9 Å². The van der Waals surface area contributed by atoms with Gasteiger partial charge in [0.2, 0.25) is 10.0 Å². The lowest BCUT2D eigenvalue weighted by atomic mass is 9.97. The molecule has 2 rings (SSSR count). The third kappa shape index (κ3) is 6.08. The maximum absolute atomic E-state index is 12.9. The molecule has 1 fully saturated rings. The number of sulfonamides is 1. The zero-order valence-corrected chi connectivity index (χ0v) is 17.9. The molecule has 1 aliphatic rings. The van der Waals surface area contributed by atoms with Gasteiger partial charge in [-0.25, -0.2) is 13.1 Å². The molecule has 1 N–H and O–H groups in total. The van der Waals surface area contributed by atoms with Gasteiger partial charge in [-0.05, 0) is 38.3 Å². The Labute approximate surface area is 174 Å². The number of piperidine rings is 1. The Morgan fingerprint density at radius 3 is 2.60 bits per heavy atom. The maximum atomic E-state index is 12.9. The van der Waals surface area contributed by atoms with Crippen LogP contribution in [0.25, 0.3) is 0 Å². The molecule has 0 radical (unpaired) electrons. The summed E-state index contributed by atoms with van der Waals surface area (Å²) in [6, 6.07) is 5.53. The molecule has 3 atom stereocenters. The van der Waals surface area contributed by atoms with E-state index in [0.717, 1.165) is 5.56 Å². The summed E-state index contributed by atoms with van der Waals surface area (Å²) in [6.07, 6.45) is -4.17. The molecule has 1 aromatic rings. The Morgan fingerprint density at radius 2 is 2.00 bits per heavy atom. The van der Waals surface area contributed by atoms with Crippen molar-refractivity contribution in [3.05, 3.63) is 29.8 Å². The molecule has 7 nitrogen and oxygen atoms in total. The largest absolute Gasteiger partial charge is 0.484 e. The van der Waals surface area contributed by atoms with Crippen LogP contribution < -0.4 is 9.46 Å². The number of alkyl halides is 3. The van der Waals surface area contributed by atoms with Crippen molar-refractivity contribution < 1.29 is 35.9 Å². The summed E-state index contributed by atoms with van der Waals surface area (Å²) in [6.45, 7) is 2.46. The van der Waals surface area contributed by atoms with Crippen molar-refractivity contribution in [3.8, 4) is 5.75 Å². The number of halogens is 3. The van der Waals surface area contributed by atoms with Crippen LogP contribution in [0.5, 0.6) is 5.75 Å². The lowest BCUT2D eigenvalue weighted by Crippen LogP contribution is -2.60. The summed E-state index contributed by atoms with van der Waals surface area (Å²) in [4.78, 5) is 14.2. The average molecular weight is 452 g/mol. The molecule has 1 amide bonds. The third-order valence-corrected chi connectivity index (χ3v) is 6.95. The summed E-state index contributed by atoms with van der Waals surface area (Å²) in [7, 11) is -3.30. The smallest absolute Gasteiger partial charge is 0.406 e. The lowest BCUT2D eigenvalue weighted by molar-refractivity contribution is -0.139. The molecule has 1 aliphatic heterocycles. The summed E-state index contributed by atoms with van der Waals surface area (Å²) in [5.41, 5.74) is 0.851. The zero-order chi connectivity index (χ0) is 22.5. The number of carbonyl (C=O) groups excluding carboxylic acids is 1. The molecule has 0 aromatic heterocycles. The van der Waals surface area contributed by atoms with Crippen molar-refractivity contribution in [2.75, 3.05) is 26.9 Å². The number of amides is 1. The van der Waals surface area contributed by atoms with E-state index in [1.54, 1.807) is 12.1 Å². The SMILES string of the molecule is COC[C@H]1C(NS(=O)(=O)[C@H](C)C(F)(F)F)CCCN1C(=O)COc1ccccc1C. The number of rotatable bonds is 8. The van der Waals surface area contributed by atoms with Crippen LogP contribution in [0.3, 0.4) is 0 Å². The Bertz CT molecular complexity index is 832. The number of hydrogen-bond acceptors (Lipinski definition) is 5. The van der Waals surface area contributed by atoms with E-state index in [9.17, 15) is 26.4 Å². The van der Waals surface area contributed by atoms with E-state index in [1.807, 2.05) is 19.1 Å². The minimum Gasteiger partial charge on any atom is -0.484 e. The maximum Gasteiger partial charge on any atom is 0.406 e. The van der Waals surface area contributed by atoms with Gasteiger partial charge < -0.3 is 14.4 Å². The predicted octanol–water partition coefficient (Wildman–Crippen LogP) is 2.25. The summed E-state index contributed by atoms with van der Waals surface area (Å²) in [5.74, 6) is 0.149. The van der Waals surface area contributed by atoms with Crippen molar-refractivity contribution in [2.24, 2.45) is 0 Å². The average Bonchev–Trinajstić information content (AvgIpc) is 2.67. The number of hydrogen-bond donors (Lipinski definition) is 1. The number of carbonyl (C=O) groups is 1. The summed E-state index contributed by atoms with van der Waals surface area (Å²) >= 11 is 0. The Kier molecular flexibility index (Phi) is 8.12. The van der Waals surface area contributed by atoms with Gasteiger partial charge in [-0.2, -0.15) is 13.2 Å². The van der Waals surface area contributed by atoms with Crippen LogP contribution in [0.4, 0.5) is 13.2 Å². The molecule has 0 saturated carbocycles. The fourth-order valence-electron chi connectivity index (χ4n) is 3.31. The molecular weight excluding hydrogens is 425 g/mol. The molecule has 1 saturated heterocycles. The summed E-state index contributed by atoms with van der Waals surface area (Å²) in [5, 5.41) is -2.57. The van der Waals surface area contributed by atoms with Gasteiger partial charge in [-0.3, -0.25) is 4.79 Å². The van der Waals surface area contributed by atoms with Crippen LogP contribution in [0.2, 0.25) is 0 Å². The van der Waals surface area contributed by atoms with E-state index in [4.69, 9.17) is 9.47 Å². The first kappa shape index (κ1) is 24.4. The number of ether oxygens (including phenoxy) is 2. The van der Waals surface area contributed by atoms with Crippen LogP contribution in [0.1, 0.15) is 25.3 Å². The fourth-order valence-corrected chi connectivity index (χ4v) is 4.56. The van der Waals surface area contributed by atoms with E-state index >= 15 is 0 Å². The minimum absolute atomic E-state index is 0.0241. The first-order valence-corrected chi connectivity index (χ1v) is 11.1. The monoisotopic (exact) mass is 452 g/mol. The van der Waals surface area contributed by atoms with E-state index in [1.165, 1.54) is 12.0 Å². The van der Waals surface area contributed by atoms with Crippen molar-refractivity contribution >= 4 is 15.9 Å². The van der Waals surface area contributed by atoms with Gasteiger partial charge in [0.25, 0.3) is 5.91 Å². The molecule has 1 unspecified atom stereocenters. The number of nitrogens with zero attached hydrogens (tertiary/aromatic N) is 1. The van der Waals surface area contributed by atoms with Gasteiger partial charge in [0.05, 0.1) is 12.6 Å². The van der Waals surface area contributed by atoms with E-state index in [2.05, 4.69) is 4.72 Å². The second-order valence-corrected chi connectivity index (χ2v) is 9.29. The van der Waals surface area contributed by atoms with Crippen LogP contribution in [-0.2, 0) is 19.6 Å². The number of methoxy groups -OCH3 is 1. The van der Waals surface area contributed by atoms with Crippen LogP contribution >= 0.6 is 0 Å². The number of nitrogens with one attached hydrogen (secondary N) is 1. The summed E-state index contributed by atoms with van der Waals surface area (Å²) < 4.78 is 76.0. The Hall–Kier alpha value is -1.85. The fraction of sp³-hybridized carbons (Fsp3) is 0.632. The molecular formula is C19H27F3N2O5S. The van der Waals surface area contributed by atoms with Crippen molar-refractivity contribution in [1.82, 2.24) is 9.62 Å². The number of aryl methyl sites for hydroxylation is 1. The first-order chi connectivity index (χ1) is 14.0. The highest BCUT2D eigenvalue weighted by Gasteiger charge is 2.47. The van der Waals surface area contributed by atoms with E-state index < -0.39 is 39.4 Å². The first-order valence-electron chi connectivity index (χ1n) is 9.52. The molecule has 30 heavy (non-hydrogen) atoms. The van der Waals surface area contributed by atoms with E-state index in [0.29, 0.717) is 32.1 Å². The van der Waals surface area contributed by atoms with Crippen molar-refractivity contribution in [3.63, 3.8) is 0 Å². The lowest BCUT2D eigenvalue weighted by Gasteiger charge is -2.41. The van der Waals surface area contributed by atoms with E-state index in [-0.39, 0.29) is 13.2 Å². The van der Waals surface area contributed by atoms with Crippen LogP contribution in [0.15, 0.2) is 24.3 Å². The van der Waals surface area contributed by atoms with Crippen molar-refractivity contribution in [2.45, 2.75) is 50.2 Å². The van der Waals surface area contributed by atoms with Gasteiger partial charge >= 0.3 is 6.18 Å². The second-order valence-electron chi connectivity index (χ2n) is 7.26. The number of benzene rings is 1. The topological polar surface area (TPSA) is 84.9 Å². The number of para-hydroxylation sites is 1. The highest BCUT2D eigenvalue weighted by molar-refractivity contribution is 7.90. The standard InChI is InChI=1S/C19H27F3N2O5S/c1-13-7-4-5-9-17(13)29-12-18(25)24-10-6-8-15(16(24)11-28-3)23-30(26,27)14(2)19(20,21)22/h4-5,7,9,14-16,23H,6,8,10-12H2,1-3H3/t14-,15?,16+/m1/s1. The Morgan fingerprint density at radius 1 is 1.33 bits per heavy atom. The predicted molar refractivity (Wildman–Crippen MR) is 105 cm³/mol. The minimum atomic E-state index is -4.89. The molecule has 0 spiro atoms. The third-order valence-electron chi connectivity index (χ3n) is 5.12. The van der Waals surface area contributed by atoms with Gasteiger partial charge in [0.1, 0.15) is 5.75 Å². The number of likely N-dealkylation sites (tertiary alicyclic amines) is 1. The Balaban J connectivity index is 2.12. The van der Waals surface area contributed by atoms with Crippen LogP contribution in [-0.4, -0.2) is 69.6 Å². The zero-order valence-electron chi connectivity index (χ0n) is 17.1. The molecule has 1 aromatic carbocycles. The molecule has 0 aliphatic carbocycles. The molecule has 11 heteroatoms. The van der Waals surface area contributed by atoms with Gasteiger partial charge in [0, 0.05) is 19.7 Å². The highest BCUT2D eigenvalue weighted by Crippen LogP contribution is 2.27. The molecule has 170 valence electrons. The van der Waals surface area contributed by atoms with Gasteiger partial charge in [-0.15, -0.1) is 0 Å². The normalized spacial score (nSPS) is 21.3. The second kappa shape index (κ2) is 9.97. The highest BCUT2D eigenvalue weighted by atomic mass is 32.2.